The zero-order chi connectivity index (χ0) is 12.2. The van der Waals surface area contributed by atoms with Gasteiger partial charge >= 0.3 is 0 Å². The Labute approximate surface area is 110 Å². The summed E-state index contributed by atoms with van der Waals surface area (Å²) < 4.78 is 9.04. The lowest BCUT2D eigenvalue weighted by Gasteiger charge is -2.20. The van der Waals surface area contributed by atoms with E-state index in [0.717, 1.165) is 11.3 Å². The average molecular weight is 284 g/mol. The molecule has 5 heteroatoms. The molecule has 0 radical (unpaired) electrons. The van der Waals surface area contributed by atoms with E-state index < -0.39 is 3.79 Å². The van der Waals surface area contributed by atoms with Crippen LogP contribution in [0.4, 0.5) is 0 Å². The topological polar surface area (TPSA) is 18.5 Å². The number of benzene rings is 1. The van der Waals surface area contributed by atoms with Crippen LogP contribution in [-0.2, 0) is 4.74 Å². The SMILES string of the molecule is COc1ccc(C(CC(Cl)(Cl)Cl)OC)cc1. The summed E-state index contributed by atoms with van der Waals surface area (Å²) in [5.41, 5.74) is 0.953. The van der Waals surface area contributed by atoms with Crippen molar-refractivity contribution < 1.29 is 9.47 Å². The van der Waals surface area contributed by atoms with Crippen LogP contribution in [0.2, 0.25) is 0 Å². The Morgan fingerprint density at radius 3 is 2.06 bits per heavy atom. The van der Waals surface area contributed by atoms with Crippen LogP contribution < -0.4 is 4.74 Å². The van der Waals surface area contributed by atoms with E-state index in [2.05, 4.69) is 0 Å². The first-order chi connectivity index (χ1) is 7.46. The Morgan fingerprint density at radius 2 is 1.69 bits per heavy atom. The second kappa shape index (κ2) is 5.97. The maximum absolute atomic E-state index is 5.74. The van der Waals surface area contributed by atoms with Crippen LogP contribution in [0, 0.1) is 0 Å². The Hall–Kier alpha value is -0.150. The molecule has 0 saturated heterocycles. The van der Waals surface area contributed by atoms with Crippen molar-refractivity contribution in [1.82, 2.24) is 0 Å². The highest BCUT2D eigenvalue weighted by atomic mass is 35.6. The molecule has 16 heavy (non-hydrogen) atoms. The molecule has 1 unspecified atom stereocenters. The molecule has 0 aliphatic rings. The van der Waals surface area contributed by atoms with E-state index in [-0.39, 0.29) is 6.10 Å². The van der Waals surface area contributed by atoms with Gasteiger partial charge in [-0.1, -0.05) is 46.9 Å². The summed E-state index contributed by atoms with van der Waals surface area (Å²) in [5.74, 6) is 0.785. The normalized spacial score (nSPS) is 13.6. The maximum Gasteiger partial charge on any atom is 0.193 e. The van der Waals surface area contributed by atoms with Crippen molar-refractivity contribution in [2.45, 2.75) is 16.3 Å². The van der Waals surface area contributed by atoms with Crippen molar-refractivity contribution in [1.29, 1.82) is 0 Å². The first-order valence-electron chi connectivity index (χ1n) is 4.70. The van der Waals surface area contributed by atoms with E-state index in [9.17, 15) is 0 Å². The molecular weight excluding hydrogens is 270 g/mol. The quantitative estimate of drug-likeness (QED) is 0.773. The number of hydrogen-bond donors (Lipinski definition) is 0. The lowest BCUT2D eigenvalue weighted by molar-refractivity contribution is 0.0967. The van der Waals surface area contributed by atoms with E-state index in [4.69, 9.17) is 44.3 Å². The summed E-state index contributed by atoms with van der Waals surface area (Å²) in [6.07, 6.45) is 0.0685. The molecule has 0 fully saturated rings. The van der Waals surface area contributed by atoms with Crippen LogP contribution in [-0.4, -0.2) is 18.0 Å². The molecule has 1 rings (SSSR count). The fourth-order valence-electron chi connectivity index (χ4n) is 1.37. The lowest BCUT2D eigenvalue weighted by atomic mass is 10.1. The van der Waals surface area contributed by atoms with Gasteiger partial charge in [0.05, 0.1) is 13.2 Å². The van der Waals surface area contributed by atoms with Gasteiger partial charge in [0.25, 0.3) is 0 Å². The number of ether oxygens (including phenoxy) is 2. The van der Waals surface area contributed by atoms with Crippen molar-refractivity contribution in [3.63, 3.8) is 0 Å². The first-order valence-corrected chi connectivity index (χ1v) is 5.83. The molecule has 90 valence electrons. The van der Waals surface area contributed by atoms with Crippen LogP contribution in [0.1, 0.15) is 18.1 Å². The zero-order valence-electron chi connectivity index (χ0n) is 9.04. The Balaban J connectivity index is 2.79. The molecule has 0 amide bonds. The van der Waals surface area contributed by atoms with Crippen LogP contribution in [0.5, 0.6) is 5.75 Å². The minimum absolute atomic E-state index is 0.238. The molecular formula is C11H13Cl3O2. The van der Waals surface area contributed by atoms with Gasteiger partial charge < -0.3 is 9.47 Å². The molecule has 1 aromatic carbocycles. The predicted octanol–water partition coefficient (Wildman–Crippen LogP) is 4.14. The van der Waals surface area contributed by atoms with E-state index >= 15 is 0 Å². The highest BCUT2D eigenvalue weighted by Crippen LogP contribution is 2.37. The molecule has 2 nitrogen and oxygen atoms in total. The zero-order valence-corrected chi connectivity index (χ0v) is 11.3. The third-order valence-corrected chi connectivity index (χ3v) is 2.65. The molecule has 1 aromatic rings. The summed E-state index contributed by atoms with van der Waals surface area (Å²) in [6, 6.07) is 7.48. The van der Waals surface area contributed by atoms with Gasteiger partial charge in [0.1, 0.15) is 5.75 Å². The number of alkyl halides is 3. The summed E-state index contributed by atoms with van der Waals surface area (Å²) >= 11 is 17.2. The molecule has 0 aliphatic carbocycles. The Bertz CT molecular complexity index is 319. The number of halogens is 3. The fraction of sp³-hybridized carbons (Fsp3) is 0.455. The van der Waals surface area contributed by atoms with Gasteiger partial charge in [-0.05, 0) is 17.7 Å². The number of rotatable bonds is 4. The second-order valence-electron chi connectivity index (χ2n) is 3.32. The van der Waals surface area contributed by atoms with Crippen LogP contribution in [0.15, 0.2) is 24.3 Å². The highest BCUT2D eigenvalue weighted by molar-refractivity contribution is 6.67. The van der Waals surface area contributed by atoms with Crippen molar-refractivity contribution in [3.05, 3.63) is 29.8 Å². The van der Waals surface area contributed by atoms with Gasteiger partial charge in [-0.2, -0.15) is 0 Å². The smallest absolute Gasteiger partial charge is 0.193 e. The van der Waals surface area contributed by atoms with E-state index in [1.807, 2.05) is 24.3 Å². The summed E-state index contributed by atoms with van der Waals surface area (Å²) in [4.78, 5) is 0. The molecule has 0 spiro atoms. The molecule has 0 saturated carbocycles. The van der Waals surface area contributed by atoms with Crippen molar-refractivity contribution in [2.24, 2.45) is 0 Å². The minimum Gasteiger partial charge on any atom is -0.497 e. The van der Waals surface area contributed by atoms with E-state index in [1.54, 1.807) is 14.2 Å². The predicted molar refractivity (Wildman–Crippen MR) is 67.7 cm³/mol. The van der Waals surface area contributed by atoms with Gasteiger partial charge in [-0.25, -0.2) is 0 Å². The van der Waals surface area contributed by atoms with Crippen LogP contribution >= 0.6 is 34.8 Å². The molecule has 0 bridgehead atoms. The third kappa shape index (κ3) is 4.38. The largest absolute Gasteiger partial charge is 0.497 e. The van der Waals surface area contributed by atoms with Crippen molar-refractivity contribution in [2.75, 3.05) is 14.2 Å². The van der Waals surface area contributed by atoms with Gasteiger partial charge in [0, 0.05) is 13.5 Å². The summed E-state index contributed by atoms with van der Waals surface area (Å²) in [6.45, 7) is 0. The Morgan fingerprint density at radius 1 is 1.12 bits per heavy atom. The molecule has 1 atom stereocenters. The van der Waals surface area contributed by atoms with Crippen molar-refractivity contribution >= 4 is 34.8 Å². The van der Waals surface area contributed by atoms with Gasteiger partial charge in [0.15, 0.2) is 3.79 Å². The average Bonchev–Trinajstić information content (AvgIpc) is 2.25. The van der Waals surface area contributed by atoms with E-state index in [1.165, 1.54) is 0 Å². The van der Waals surface area contributed by atoms with Gasteiger partial charge in [-0.3, -0.25) is 0 Å². The van der Waals surface area contributed by atoms with Gasteiger partial charge in [-0.15, -0.1) is 0 Å². The number of hydrogen-bond acceptors (Lipinski definition) is 2. The molecule has 0 aromatic heterocycles. The highest BCUT2D eigenvalue weighted by Gasteiger charge is 2.26. The van der Waals surface area contributed by atoms with Crippen molar-refractivity contribution in [3.8, 4) is 5.75 Å². The fourth-order valence-corrected chi connectivity index (χ4v) is 1.79. The monoisotopic (exact) mass is 282 g/mol. The number of methoxy groups -OCH3 is 2. The molecule has 0 heterocycles. The van der Waals surface area contributed by atoms with Crippen LogP contribution in [0.3, 0.4) is 0 Å². The Kier molecular flexibility index (Phi) is 5.19. The standard InChI is InChI=1S/C11H13Cl3O2/c1-15-9-5-3-8(4-6-9)10(16-2)7-11(12,13)14/h3-6,10H,7H2,1-2H3. The molecule has 0 aliphatic heterocycles. The minimum atomic E-state index is -1.32. The summed E-state index contributed by atoms with van der Waals surface area (Å²) in [7, 11) is 3.20. The summed E-state index contributed by atoms with van der Waals surface area (Å²) in [5, 5.41) is 0. The first kappa shape index (κ1) is 13.9. The van der Waals surface area contributed by atoms with E-state index in [0.29, 0.717) is 6.42 Å². The lowest BCUT2D eigenvalue weighted by Crippen LogP contribution is -2.12. The van der Waals surface area contributed by atoms with Gasteiger partial charge in [0.2, 0.25) is 0 Å². The maximum atomic E-state index is 5.74. The second-order valence-corrected chi connectivity index (χ2v) is 5.83. The van der Waals surface area contributed by atoms with Crippen LogP contribution in [0.25, 0.3) is 0 Å². The molecule has 0 N–H and O–H groups in total. The third-order valence-electron chi connectivity index (χ3n) is 2.19.